The van der Waals surface area contributed by atoms with Crippen molar-refractivity contribution in [1.29, 1.82) is 0 Å². The van der Waals surface area contributed by atoms with Crippen LogP contribution in [0.2, 0.25) is 0 Å². The highest BCUT2D eigenvalue weighted by Gasteiger charge is 2.26. The predicted molar refractivity (Wildman–Crippen MR) is 108 cm³/mol. The first kappa shape index (κ1) is 19.9. The molecule has 0 N–H and O–H groups in total. The molecule has 0 heterocycles. The average Bonchev–Trinajstić information content (AvgIpc) is 2.65. The summed E-state index contributed by atoms with van der Waals surface area (Å²) in [6, 6.07) is 11.5. The summed E-state index contributed by atoms with van der Waals surface area (Å²) in [6.07, 6.45) is 5.43. The molecular formula is C23H24O4. The summed E-state index contributed by atoms with van der Waals surface area (Å²) in [4.78, 5) is 0. The summed E-state index contributed by atoms with van der Waals surface area (Å²) in [5.74, 6) is 2.25. The molecule has 2 aromatic carbocycles. The van der Waals surface area contributed by atoms with Crippen LogP contribution < -0.4 is 18.9 Å². The van der Waals surface area contributed by atoms with E-state index in [-0.39, 0.29) is 5.41 Å². The molecule has 0 atom stereocenters. The topological polar surface area (TPSA) is 36.9 Å². The van der Waals surface area contributed by atoms with Gasteiger partial charge in [-0.05, 0) is 35.4 Å². The molecule has 4 nitrogen and oxygen atoms in total. The Bertz CT molecular complexity index is 780. The van der Waals surface area contributed by atoms with Gasteiger partial charge in [0.15, 0.2) is 23.0 Å². The highest BCUT2D eigenvalue weighted by molar-refractivity contribution is 5.52. The minimum atomic E-state index is -0.349. The van der Waals surface area contributed by atoms with Crippen LogP contribution in [-0.4, -0.2) is 0 Å². The molecule has 140 valence electrons. The molecule has 0 saturated carbocycles. The molecule has 0 aliphatic rings. The molecule has 27 heavy (non-hydrogen) atoms. The zero-order valence-electron chi connectivity index (χ0n) is 15.7. The van der Waals surface area contributed by atoms with Crippen molar-refractivity contribution in [2.45, 2.75) is 19.3 Å². The van der Waals surface area contributed by atoms with Crippen molar-refractivity contribution < 1.29 is 18.9 Å². The largest absolute Gasteiger partial charge is 0.462 e. The number of benzene rings is 2. The van der Waals surface area contributed by atoms with E-state index in [4.69, 9.17) is 18.9 Å². The maximum Gasteiger partial charge on any atom is 0.169 e. The molecule has 0 aliphatic heterocycles. The van der Waals surface area contributed by atoms with Crippen molar-refractivity contribution in [2.24, 2.45) is 0 Å². The van der Waals surface area contributed by atoms with Gasteiger partial charge in [0.1, 0.15) is 0 Å². The SMILES string of the molecule is C=COc1ccc(C(C)(C)c2ccc(OC=C)c(OC=C)c2)cc1OC=C. The van der Waals surface area contributed by atoms with Crippen molar-refractivity contribution in [3.05, 3.63) is 98.9 Å². The van der Waals surface area contributed by atoms with Crippen LogP contribution in [0.4, 0.5) is 0 Å². The van der Waals surface area contributed by atoms with E-state index in [9.17, 15) is 0 Å². The van der Waals surface area contributed by atoms with Gasteiger partial charge in [-0.3, -0.25) is 0 Å². The number of hydrogen-bond donors (Lipinski definition) is 0. The second-order valence-electron chi connectivity index (χ2n) is 6.09. The van der Waals surface area contributed by atoms with Crippen molar-refractivity contribution >= 4 is 0 Å². The van der Waals surface area contributed by atoms with Crippen LogP contribution in [-0.2, 0) is 5.41 Å². The Morgan fingerprint density at radius 1 is 0.593 bits per heavy atom. The van der Waals surface area contributed by atoms with Gasteiger partial charge in [-0.1, -0.05) is 52.3 Å². The first-order valence-corrected chi connectivity index (χ1v) is 8.37. The monoisotopic (exact) mass is 364 g/mol. The Hall–Kier alpha value is -3.40. The number of hydrogen-bond acceptors (Lipinski definition) is 4. The third-order valence-corrected chi connectivity index (χ3v) is 4.17. The molecule has 0 aliphatic carbocycles. The molecule has 0 saturated heterocycles. The molecule has 0 aromatic heterocycles. The molecule has 0 radical (unpaired) electrons. The van der Waals surface area contributed by atoms with E-state index in [1.165, 1.54) is 25.0 Å². The van der Waals surface area contributed by atoms with Gasteiger partial charge in [0.05, 0.1) is 25.0 Å². The van der Waals surface area contributed by atoms with Crippen LogP contribution >= 0.6 is 0 Å². The minimum Gasteiger partial charge on any atom is -0.462 e. The molecular weight excluding hydrogens is 340 g/mol. The Morgan fingerprint density at radius 3 is 1.26 bits per heavy atom. The minimum absolute atomic E-state index is 0.349. The molecule has 0 fully saturated rings. The quantitative estimate of drug-likeness (QED) is 0.477. The van der Waals surface area contributed by atoms with Crippen LogP contribution in [0, 0.1) is 0 Å². The second-order valence-corrected chi connectivity index (χ2v) is 6.09. The summed E-state index contributed by atoms with van der Waals surface area (Å²) in [6.45, 7) is 18.6. The van der Waals surface area contributed by atoms with Crippen molar-refractivity contribution in [3.8, 4) is 23.0 Å². The summed E-state index contributed by atoms with van der Waals surface area (Å²) < 4.78 is 21.8. The Labute approximate surface area is 160 Å². The fraction of sp³-hybridized carbons (Fsp3) is 0.130. The number of ether oxygens (including phenoxy) is 4. The van der Waals surface area contributed by atoms with Crippen LogP contribution in [0.25, 0.3) is 0 Å². The van der Waals surface area contributed by atoms with E-state index in [1.54, 1.807) is 0 Å². The molecule has 2 rings (SSSR count). The van der Waals surface area contributed by atoms with E-state index in [1.807, 2.05) is 36.4 Å². The molecule has 4 heteroatoms. The lowest BCUT2D eigenvalue weighted by Crippen LogP contribution is -2.19. The average molecular weight is 364 g/mol. The lowest BCUT2D eigenvalue weighted by Gasteiger charge is -2.27. The maximum absolute atomic E-state index is 5.50. The van der Waals surface area contributed by atoms with Crippen LogP contribution in [0.15, 0.2) is 87.8 Å². The normalized spacial score (nSPS) is 10.4. The Kier molecular flexibility index (Phi) is 6.50. The van der Waals surface area contributed by atoms with Gasteiger partial charge < -0.3 is 18.9 Å². The van der Waals surface area contributed by atoms with E-state index >= 15 is 0 Å². The second kappa shape index (κ2) is 8.81. The van der Waals surface area contributed by atoms with Crippen LogP contribution in [0.5, 0.6) is 23.0 Å². The van der Waals surface area contributed by atoms with Gasteiger partial charge in [0.2, 0.25) is 0 Å². The fourth-order valence-corrected chi connectivity index (χ4v) is 2.70. The molecule has 0 bridgehead atoms. The molecule has 0 amide bonds. The van der Waals surface area contributed by atoms with Crippen molar-refractivity contribution in [3.63, 3.8) is 0 Å². The van der Waals surface area contributed by atoms with Gasteiger partial charge in [0, 0.05) is 5.41 Å². The summed E-state index contributed by atoms with van der Waals surface area (Å²) >= 11 is 0. The third-order valence-electron chi connectivity index (χ3n) is 4.17. The van der Waals surface area contributed by atoms with E-state index in [0.29, 0.717) is 23.0 Å². The summed E-state index contributed by atoms with van der Waals surface area (Å²) in [5, 5.41) is 0. The van der Waals surface area contributed by atoms with Crippen molar-refractivity contribution in [1.82, 2.24) is 0 Å². The van der Waals surface area contributed by atoms with Gasteiger partial charge >= 0.3 is 0 Å². The van der Waals surface area contributed by atoms with E-state index < -0.39 is 0 Å². The Morgan fingerprint density at radius 2 is 0.926 bits per heavy atom. The molecule has 0 unspecified atom stereocenters. The first-order valence-electron chi connectivity index (χ1n) is 8.37. The molecule has 2 aromatic rings. The smallest absolute Gasteiger partial charge is 0.169 e. The predicted octanol–water partition coefficient (Wildman–Crippen LogP) is 6.10. The van der Waals surface area contributed by atoms with Gasteiger partial charge in [0.25, 0.3) is 0 Å². The summed E-state index contributed by atoms with van der Waals surface area (Å²) in [7, 11) is 0. The van der Waals surface area contributed by atoms with E-state index in [2.05, 4.69) is 40.2 Å². The van der Waals surface area contributed by atoms with E-state index in [0.717, 1.165) is 11.1 Å². The van der Waals surface area contributed by atoms with Crippen molar-refractivity contribution in [2.75, 3.05) is 0 Å². The fourth-order valence-electron chi connectivity index (χ4n) is 2.70. The zero-order chi connectivity index (χ0) is 19.9. The molecule has 0 spiro atoms. The van der Waals surface area contributed by atoms with Gasteiger partial charge in [-0.15, -0.1) is 0 Å². The standard InChI is InChI=1S/C23H24O4/c1-7-24-19-13-11-17(15-21(19)26-9-3)23(5,6)18-12-14-20(25-8-2)22(16-18)27-10-4/h7-16H,1-4H2,5-6H3. The number of rotatable bonds is 10. The van der Waals surface area contributed by atoms with Crippen LogP contribution in [0.1, 0.15) is 25.0 Å². The first-order chi connectivity index (χ1) is 13.0. The van der Waals surface area contributed by atoms with Crippen LogP contribution in [0.3, 0.4) is 0 Å². The third kappa shape index (κ3) is 4.42. The maximum atomic E-state index is 5.50. The highest BCUT2D eigenvalue weighted by atomic mass is 16.5. The summed E-state index contributed by atoms with van der Waals surface area (Å²) in [5.41, 5.74) is 1.70. The lowest BCUT2D eigenvalue weighted by atomic mass is 9.78. The lowest BCUT2D eigenvalue weighted by molar-refractivity contribution is 0.415. The zero-order valence-corrected chi connectivity index (χ0v) is 15.7. The van der Waals surface area contributed by atoms with Gasteiger partial charge in [-0.25, -0.2) is 0 Å². The highest BCUT2D eigenvalue weighted by Crippen LogP contribution is 2.40. The Balaban J connectivity index is 2.50. The van der Waals surface area contributed by atoms with Gasteiger partial charge in [-0.2, -0.15) is 0 Å².